The number of piperidine rings is 1. The van der Waals surface area contributed by atoms with Crippen LogP contribution in [0.3, 0.4) is 0 Å². The van der Waals surface area contributed by atoms with Gasteiger partial charge in [-0.05, 0) is 84.9 Å². The molecule has 1 aromatic heterocycles. The maximum atomic E-state index is 11.6. The van der Waals surface area contributed by atoms with Gasteiger partial charge in [-0.25, -0.2) is 4.98 Å². The lowest BCUT2D eigenvalue weighted by atomic mass is 9.83. The lowest BCUT2D eigenvalue weighted by molar-refractivity contribution is -0.139. The molecule has 0 bridgehead atoms. The highest BCUT2D eigenvalue weighted by Gasteiger charge is 2.41. The van der Waals surface area contributed by atoms with Crippen molar-refractivity contribution in [2.75, 3.05) is 44.8 Å². The number of thiazole rings is 1. The van der Waals surface area contributed by atoms with E-state index in [0.717, 1.165) is 46.8 Å². The van der Waals surface area contributed by atoms with Crippen LogP contribution in [-0.4, -0.2) is 61.3 Å². The highest BCUT2D eigenvalue weighted by Crippen LogP contribution is 2.38. The van der Waals surface area contributed by atoms with Crippen LogP contribution in [0.1, 0.15) is 37.7 Å². The van der Waals surface area contributed by atoms with Crippen molar-refractivity contribution in [3.63, 3.8) is 0 Å². The van der Waals surface area contributed by atoms with Crippen LogP contribution in [0.4, 0.5) is 5.13 Å². The topological polar surface area (TPSA) is 54.9 Å². The molecule has 32 heavy (non-hydrogen) atoms. The number of methoxy groups -OCH3 is 1. The average molecular weight is 543 g/mol. The second-order valence-electron chi connectivity index (χ2n) is 8.50. The van der Waals surface area contributed by atoms with Crippen molar-refractivity contribution in [3.05, 3.63) is 38.8 Å². The number of carbonyl (C=O) groups excluding carboxylic acids is 1. The number of aromatic nitrogens is 1. The number of benzene rings is 1. The Labute approximate surface area is 207 Å². The average Bonchev–Trinajstić information content (AvgIpc) is 3.46. The molecule has 0 radical (unpaired) electrons. The number of likely N-dealkylation sites (tertiary alicyclic amines) is 1. The van der Waals surface area contributed by atoms with Gasteiger partial charge in [0.25, 0.3) is 0 Å². The van der Waals surface area contributed by atoms with Gasteiger partial charge < -0.3 is 14.4 Å². The first-order chi connectivity index (χ1) is 15.5. The number of nitrogens with zero attached hydrogens (tertiary/aromatic N) is 3. The summed E-state index contributed by atoms with van der Waals surface area (Å²) in [5.41, 5.74) is 0.964. The summed E-state index contributed by atoms with van der Waals surface area (Å²) in [6, 6.07) is 5.48. The third-order valence-electron chi connectivity index (χ3n) is 6.55. The molecule has 2 fully saturated rings. The largest absolute Gasteiger partial charge is 0.493 e. The van der Waals surface area contributed by atoms with Crippen molar-refractivity contribution in [2.24, 2.45) is 0 Å². The van der Waals surface area contributed by atoms with E-state index < -0.39 is 0 Å². The van der Waals surface area contributed by atoms with Gasteiger partial charge in [-0.3, -0.25) is 9.69 Å². The van der Waals surface area contributed by atoms with Crippen molar-refractivity contribution in [2.45, 2.75) is 44.1 Å². The molecule has 0 amide bonds. The van der Waals surface area contributed by atoms with Gasteiger partial charge >= 0.3 is 5.97 Å². The second kappa shape index (κ2) is 10.7. The molecule has 2 aromatic rings. The predicted molar refractivity (Wildman–Crippen MR) is 132 cm³/mol. The molecule has 2 aliphatic rings. The molecule has 0 spiro atoms. The zero-order chi connectivity index (χ0) is 22.6. The lowest BCUT2D eigenvalue weighted by Crippen LogP contribution is -2.55. The normalized spacial score (nSPS) is 18.7. The fourth-order valence-electron chi connectivity index (χ4n) is 4.83. The van der Waals surface area contributed by atoms with Gasteiger partial charge in [0.2, 0.25) is 0 Å². The number of esters is 1. The SMILES string of the molecule is COC(=O)Cc1cc(Cl)cc(OCCC2(N3CCCC3)CCN(c3ncc(Br)s3)CC2)c1. The molecule has 0 unspecified atom stereocenters. The minimum absolute atomic E-state index is 0.162. The Balaban J connectivity index is 1.39. The highest BCUT2D eigenvalue weighted by atomic mass is 79.9. The van der Waals surface area contributed by atoms with Crippen LogP contribution in [0, 0.1) is 0 Å². The van der Waals surface area contributed by atoms with Crippen LogP contribution in [0.2, 0.25) is 5.02 Å². The molecular formula is C23H29BrClN3O3S. The Bertz CT molecular complexity index is 927. The second-order valence-corrected chi connectivity index (χ2v) is 11.3. The van der Waals surface area contributed by atoms with Crippen molar-refractivity contribution < 1.29 is 14.3 Å². The van der Waals surface area contributed by atoms with E-state index in [2.05, 4.69) is 30.7 Å². The van der Waals surface area contributed by atoms with Gasteiger partial charge in [-0.2, -0.15) is 0 Å². The zero-order valence-corrected chi connectivity index (χ0v) is 21.5. The Kier molecular flexibility index (Phi) is 7.97. The molecule has 0 aliphatic carbocycles. The maximum absolute atomic E-state index is 11.6. The van der Waals surface area contributed by atoms with E-state index >= 15 is 0 Å². The molecule has 0 saturated carbocycles. The Morgan fingerprint density at radius 2 is 1.97 bits per heavy atom. The van der Waals surface area contributed by atoms with Crippen molar-refractivity contribution in [1.82, 2.24) is 9.88 Å². The summed E-state index contributed by atoms with van der Waals surface area (Å²) in [6.45, 7) is 4.98. The zero-order valence-electron chi connectivity index (χ0n) is 18.3. The number of hydrogen-bond donors (Lipinski definition) is 0. The van der Waals surface area contributed by atoms with Gasteiger partial charge in [0.05, 0.1) is 30.1 Å². The molecular weight excluding hydrogens is 514 g/mol. The summed E-state index contributed by atoms with van der Waals surface area (Å²) in [5.74, 6) is 0.420. The fourth-order valence-corrected chi connectivity index (χ4v) is 6.31. The van der Waals surface area contributed by atoms with Crippen LogP contribution >= 0.6 is 38.9 Å². The third kappa shape index (κ3) is 5.76. The molecule has 0 atom stereocenters. The molecule has 4 rings (SSSR count). The standard InChI is InChI=1S/C23H29BrClN3O3S/c1-30-21(29)14-17-12-18(25)15-19(13-17)31-11-6-23(28-7-2-3-8-28)4-9-27(10-5-23)22-26-16-20(24)32-22/h12-13,15-16H,2-11,14H2,1H3. The minimum atomic E-state index is -0.287. The van der Waals surface area contributed by atoms with E-state index in [4.69, 9.17) is 21.1 Å². The van der Waals surface area contributed by atoms with E-state index in [1.54, 1.807) is 17.4 Å². The van der Waals surface area contributed by atoms with Gasteiger partial charge in [0.1, 0.15) is 5.75 Å². The van der Waals surface area contributed by atoms with Gasteiger partial charge in [-0.15, -0.1) is 0 Å². The quantitative estimate of drug-likeness (QED) is 0.429. The van der Waals surface area contributed by atoms with Gasteiger partial charge in [0, 0.05) is 23.7 Å². The van der Waals surface area contributed by atoms with E-state index in [9.17, 15) is 4.79 Å². The number of rotatable bonds is 8. The molecule has 2 aliphatic heterocycles. The summed E-state index contributed by atoms with van der Waals surface area (Å²) < 4.78 is 12.0. The van der Waals surface area contributed by atoms with E-state index in [1.807, 2.05) is 18.3 Å². The van der Waals surface area contributed by atoms with E-state index in [1.165, 1.54) is 33.0 Å². The first-order valence-corrected chi connectivity index (χ1v) is 13.1. The van der Waals surface area contributed by atoms with Crippen LogP contribution in [0.25, 0.3) is 0 Å². The molecule has 9 heteroatoms. The minimum Gasteiger partial charge on any atom is -0.493 e. The third-order valence-corrected chi connectivity index (χ3v) is 8.31. The molecule has 0 N–H and O–H groups in total. The van der Waals surface area contributed by atoms with Crippen molar-refractivity contribution in [3.8, 4) is 5.75 Å². The smallest absolute Gasteiger partial charge is 0.309 e. The van der Waals surface area contributed by atoms with Crippen LogP contribution in [0.15, 0.2) is 28.2 Å². The van der Waals surface area contributed by atoms with Crippen molar-refractivity contribution in [1.29, 1.82) is 0 Å². The van der Waals surface area contributed by atoms with Crippen LogP contribution in [0.5, 0.6) is 5.75 Å². The molecule has 2 saturated heterocycles. The molecule has 3 heterocycles. The summed E-state index contributed by atoms with van der Waals surface area (Å²) in [7, 11) is 1.39. The number of hydrogen-bond acceptors (Lipinski definition) is 7. The number of ether oxygens (including phenoxy) is 2. The number of anilines is 1. The van der Waals surface area contributed by atoms with Crippen LogP contribution < -0.4 is 9.64 Å². The first-order valence-electron chi connectivity index (χ1n) is 11.1. The Morgan fingerprint density at radius 1 is 1.22 bits per heavy atom. The summed E-state index contributed by atoms with van der Waals surface area (Å²) in [4.78, 5) is 21.3. The molecule has 6 nitrogen and oxygen atoms in total. The summed E-state index contributed by atoms with van der Waals surface area (Å²) >= 11 is 11.5. The fraction of sp³-hybridized carbons (Fsp3) is 0.565. The van der Waals surface area contributed by atoms with E-state index in [-0.39, 0.29) is 17.9 Å². The molecule has 1 aromatic carbocycles. The number of carbonyl (C=O) groups is 1. The summed E-state index contributed by atoms with van der Waals surface area (Å²) in [5, 5.41) is 1.67. The Morgan fingerprint density at radius 3 is 2.62 bits per heavy atom. The van der Waals surface area contributed by atoms with E-state index in [0.29, 0.717) is 17.4 Å². The van der Waals surface area contributed by atoms with Gasteiger partial charge in [-0.1, -0.05) is 22.9 Å². The first kappa shape index (κ1) is 23.8. The summed E-state index contributed by atoms with van der Waals surface area (Å²) in [6.07, 6.45) is 7.81. The Hall–Kier alpha value is -1.35. The van der Waals surface area contributed by atoms with Gasteiger partial charge in [0.15, 0.2) is 5.13 Å². The highest BCUT2D eigenvalue weighted by molar-refractivity contribution is 9.11. The predicted octanol–water partition coefficient (Wildman–Crippen LogP) is 5.18. The molecule has 174 valence electrons. The van der Waals surface area contributed by atoms with Crippen molar-refractivity contribution >= 4 is 50.0 Å². The maximum Gasteiger partial charge on any atom is 0.309 e. The number of halogens is 2. The lowest BCUT2D eigenvalue weighted by Gasteiger charge is -2.47. The monoisotopic (exact) mass is 541 g/mol. The van der Waals surface area contributed by atoms with Crippen LogP contribution in [-0.2, 0) is 16.0 Å².